The van der Waals surface area contributed by atoms with E-state index in [-0.39, 0.29) is 11.5 Å². The molecule has 30 aromatic rings. The van der Waals surface area contributed by atoms with Crippen molar-refractivity contribution in [3.8, 4) is 0 Å². The Morgan fingerprint density at radius 1 is 0.365 bits per heavy atom. The number of anilines is 3. The minimum absolute atomic E-state index is 0.0616. The molecule has 0 radical (unpaired) electrons. The van der Waals surface area contributed by atoms with E-state index in [0.29, 0.717) is 17.8 Å². The van der Waals surface area contributed by atoms with Crippen LogP contribution in [0.25, 0.3) is 291 Å². The Morgan fingerprint density at radius 3 is 0.871 bits per heavy atom. The molecule has 0 amide bonds. The molecule has 8 nitrogen and oxygen atoms in total. The number of hydrazone groups is 1. The van der Waals surface area contributed by atoms with Gasteiger partial charge >= 0.3 is 0 Å². The van der Waals surface area contributed by atoms with Gasteiger partial charge in [-0.15, -0.1) is 0 Å². The first-order valence-corrected chi connectivity index (χ1v) is 30.9. The number of rotatable bonds is 6. The lowest BCUT2D eigenvalue weighted by Crippen LogP contribution is -2.51. The van der Waals surface area contributed by atoms with E-state index >= 15 is 0 Å². The molecule has 1 atom stereocenters. The topological polar surface area (TPSA) is 72.8 Å². The van der Waals surface area contributed by atoms with Gasteiger partial charge in [0.15, 0.2) is 0 Å². The molecular formula is C77H24N8. The normalized spacial score (nSPS) is 21.8. The number of hydrogen-bond acceptors (Lipinski definition) is 8. The van der Waals surface area contributed by atoms with Gasteiger partial charge in [-0.05, 0) is 331 Å². The summed E-state index contributed by atoms with van der Waals surface area (Å²) in [6, 6.07) is 9.75. The summed E-state index contributed by atoms with van der Waals surface area (Å²) < 4.78 is 0. The first kappa shape index (κ1) is 35.0. The largest absolute Gasteiger partial charge is 0.347 e. The molecule has 1 aromatic heterocycles. The molecule has 5 aliphatic rings. The molecule has 1 N–H and O–H groups in total. The van der Waals surface area contributed by atoms with Gasteiger partial charge in [-0.25, -0.2) is 5.43 Å². The molecule has 372 valence electrons. The van der Waals surface area contributed by atoms with Crippen molar-refractivity contribution < 1.29 is 0 Å². The Labute approximate surface area is 468 Å². The Kier molecular flexibility index (Phi) is 3.51. The van der Waals surface area contributed by atoms with Crippen LogP contribution in [0.4, 0.5) is 17.8 Å². The van der Waals surface area contributed by atoms with Crippen molar-refractivity contribution in [1.82, 2.24) is 19.9 Å². The van der Waals surface area contributed by atoms with Crippen LogP contribution < -0.4 is 15.2 Å². The maximum absolute atomic E-state index is 4.79. The third-order valence-electron chi connectivity index (χ3n) is 27.9. The highest BCUT2D eigenvalue weighted by Crippen LogP contribution is 2.87. The van der Waals surface area contributed by atoms with Crippen LogP contribution in [0.1, 0.15) is 39.4 Å². The second-order valence-electron chi connectivity index (χ2n) is 29.9. The monoisotopic (exact) mass is 1060 g/mol. The molecule has 8 heteroatoms. The Bertz CT molecular complexity index is 7960. The predicted molar refractivity (Wildman–Crippen MR) is 355 cm³/mol. The summed E-state index contributed by atoms with van der Waals surface area (Å²) >= 11 is 0. The zero-order valence-electron chi connectivity index (χ0n) is 45.3. The number of nitrogens with one attached hydrogen (secondary N) is 1. The number of aromatic nitrogens is 3. The van der Waals surface area contributed by atoms with Crippen LogP contribution in [-0.2, 0) is 10.8 Å². The lowest BCUT2D eigenvalue weighted by Gasteiger charge is -2.52. The van der Waals surface area contributed by atoms with Gasteiger partial charge in [0.25, 0.3) is 0 Å². The van der Waals surface area contributed by atoms with Crippen molar-refractivity contribution in [3.05, 3.63) is 57.6 Å². The SMILES string of the molecule is CN(C)c1nc(N/N=C/c2ccc(C3N(C)CC45c6c7c8c9c%10c%11c(c%12c%13c4c4c6c6c%14c7c7c8c8c%10c%10c%15c%11c%11c%12c%12c%13c%13c4c4c6c6c%14c%14c7c7c8c%10c8c%10c%15c%11c%11c%12c%12c%13c4c4c6c6c%14c7c8c7c%10c%11c%12c4c67)C935)cc2)nc(N(C)C)n1. The Balaban J connectivity index is 0.863. The van der Waals surface area contributed by atoms with Crippen molar-refractivity contribution in [3.63, 3.8) is 0 Å². The smallest absolute Gasteiger partial charge is 0.250 e. The summed E-state index contributed by atoms with van der Waals surface area (Å²) in [6.07, 6.45) is 1.93. The summed E-state index contributed by atoms with van der Waals surface area (Å²) in [5.74, 6) is 1.59. The second kappa shape index (κ2) is 8.53. The first-order valence-electron chi connectivity index (χ1n) is 30.9. The number of nitrogens with zero attached hydrogens (tertiary/aromatic N) is 7. The number of likely N-dealkylation sites (N-methyl/N-ethyl adjacent to an activating group) is 1. The average Bonchev–Trinajstić information content (AvgIpc) is 1.38. The van der Waals surface area contributed by atoms with Gasteiger partial charge in [-0.3, -0.25) is 4.90 Å². The zero-order valence-corrected chi connectivity index (χ0v) is 45.3. The van der Waals surface area contributed by atoms with E-state index in [1.807, 2.05) is 44.2 Å². The molecule has 85 heavy (non-hydrogen) atoms. The summed E-state index contributed by atoms with van der Waals surface area (Å²) in [5, 5.41) is 93.7. The minimum Gasteiger partial charge on any atom is -0.347 e. The van der Waals surface area contributed by atoms with Crippen molar-refractivity contribution >= 4 is 315 Å². The molecule has 35 rings (SSSR count). The van der Waals surface area contributed by atoms with Crippen LogP contribution in [0.5, 0.6) is 0 Å². The van der Waals surface area contributed by atoms with Crippen LogP contribution in [0.2, 0.25) is 0 Å². The van der Waals surface area contributed by atoms with Gasteiger partial charge in [0, 0.05) is 40.8 Å². The zero-order chi connectivity index (χ0) is 52.5. The van der Waals surface area contributed by atoms with E-state index in [1.54, 1.807) is 313 Å². The fourth-order valence-corrected chi connectivity index (χ4v) is 27.3. The average molecular weight is 1060 g/mol. The van der Waals surface area contributed by atoms with Crippen molar-refractivity contribution in [2.24, 2.45) is 5.10 Å². The van der Waals surface area contributed by atoms with Crippen molar-refractivity contribution in [2.45, 2.75) is 16.9 Å². The quantitative estimate of drug-likeness (QED) is 0.101. The summed E-state index contributed by atoms with van der Waals surface area (Å²) in [6.45, 7) is 0.982. The van der Waals surface area contributed by atoms with E-state index < -0.39 is 5.41 Å². The van der Waals surface area contributed by atoms with Gasteiger partial charge in [0.05, 0.1) is 17.0 Å². The van der Waals surface area contributed by atoms with E-state index in [1.165, 1.54) is 5.56 Å². The summed E-state index contributed by atoms with van der Waals surface area (Å²) in [7, 11) is 10.4. The van der Waals surface area contributed by atoms with Gasteiger partial charge in [-0.2, -0.15) is 20.1 Å². The van der Waals surface area contributed by atoms with Gasteiger partial charge in [-0.1, -0.05) is 24.3 Å². The highest BCUT2D eigenvalue weighted by molar-refractivity contribution is 6.82. The van der Waals surface area contributed by atoms with Gasteiger partial charge in [0.1, 0.15) is 0 Å². The van der Waals surface area contributed by atoms with Gasteiger partial charge < -0.3 is 9.80 Å². The standard InChI is InChI=1S/C77H24N8/c1-83(2)74-79-73(80-75(81-74)84(3)4)82-78-10-12-6-8-13(9-7-12)72-77-70-64-58-48-36-28-20-16-14-15-18-22(20)30(36)40-34-26(18)27-19(15)23-21-17(14)25-24(16)32-38(28)46-52-42(32)43-33(25)39-29(21)37-31(23)41-35(27)45-44(34)56(50(40)58)66(70)67-57(45)51(41)59-49(37)55-47(39)53(43)61-60(52)68(62(64)54(46)48)76(77,11-85(72)5)69(61)63(55)65(59)71(67)77/h6-10,72H,11H2,1-5H3,(H,79,80,81,82)/b78-10+. The van der Waals surface area contributed by atoms with Crippen LogP contribution in [0.3, 0.4) is 0 Å². The highest BCUT2D eigenvalue weighted by Gasteiger charge is 2.76. The predicted octanol–water partition coefficient (Wildman–Crippen LogP) is 17.7. The Hall–Kier alpha value is -10.3. The molecule has 2 spiro atoms. The Morgan fingerprint density at radius 2 is 0.612 bits per heavy atom. The summed E-state index contributed by atoms with van der Waals surface area (Å²) in [5.41, 5.74) is 11.8. The van der Waals surface area contributed by atoms with Crippen molar-refractivity contribution in [2.75, 3.05) is 57.0 Å². The highest BCUT2D eigenvalue weighted by atomic mass is 15.4. The second-order valence-corrected chi connectivity index (χ2v) is 29.9. The van der Waals surface area contributed by atoms with E-state index in [9.17, 15) is 0 Å². The molecule has 1 unspecified atom stereocenters. The molecule has 29 aromatic carbocycles. The van der Waals surface area contributed by atoms with E-state index in [0.717, 1.165) is 12.1 Å². The molecule has 1 fully saturated rings. The van der Waals surface area contributed by atoms with Crippen LogP contribution in [-0.4, -0.2) is 67.8 Å². The molecule has 1 aliphatic heterocycles. The molecule has 0 saturated carbocycles. The molecule has 4 aliphatic carbocycles. The number of benzene rings is 19. The van der Waals surface area contributed by atoms with Crippen LogP contribution in [0.15, 0.2) is 29.4 Å². The third kappa shape index (κ3) is 2.17. The molecule has 0 bridgehead atoms. The van der Waals surface area contributed by atoms with E-state index in [2.05, 4.69) is 46.6 Å². The molecule has 2 heterocycles. The third-order valence-corrected chi connectivity index (χ3v) is 27.9. The van der Waals surface area contributed by atoms with E-state index in [4.69, 9.17) is 15.1 Å². The molecule has 1 saturated heterocycles. The number of likely N-dealkylation sites (tertiary alicyclic amines) is 1. The van der Waals surface area contributed by atoms with Gasteiger partial charge in [0.2, 0.25) is 17.8 Å². The first-order chi connectivity index (χ1) is 41.9. The molecular weight excluding hydrogens is 1040 g/mol. The minimum atomic E-state index is -0.406. The van der Waals surface area contributed by atoms with Crippen molar-refractivity contribution in [1.29, 1.82) is 0 Å². The van der Waals surface area contributed by atoms with Crippen LogP contribution in [0, 0.1) is 0 Å². The summed E-state index contributed by atoms with van der Waals surface area (Å²) in [4.78, 5) is 20.8. The lowest BCUT2D eigenvalue weighted by atomic mass is 9.47. The fraction of sp³-hybridized carbons (Fsp3) is 0.117. The maximum atomic E-state index is 4.79. The van der Waals surface area contributed by atoms with Crippen LogP contribution >= 0.6 is 0 Å². The maximum Gasteiger partial charge on any atom is 0.250 e. The number of hydrogen-bond donors (Lipinski definition) is 1. The lowest BCUT2D eigenvalue weighted by molar-refractivity contribution is 0.271. The fourth-order valence-electron chi connectivity index (χ4n) is 27.3.